The zero-order valence-electron chi connectivity index (χ0n) is 7.90. The fourth-order valence-corrected chi connectivity index (χ4v) is 1.20. The summed E-state index contributed by atoms with van der Waals surface area (Å²) in [7, 11) is 1.99. The molecular formula is C10H16N2O. The van der Waals surface area contributed by atoms with Crippen LogP contribution in [0.3, 0.4) is 0 Å². The lowest BCUT2D eigenvalue weighted by atomic mass is 10.2. The third kappa shape index (κ3) is 2.95. The van der Waals surface area contributed by atoms with Gasteiger partial charge in [-0.25, -0.2) is 0 Å². The normalized spacial score (nSPS) is 10.0. The van der Waals surface area contributed by atoms with E-state index in [0.717, 1.165) is 24.3 Å². The summed E-state index contributed by atoms with van der Waals surface area (Å²) in [6.45, 7) is 1.08. The second-order valence-corrected chi connectivity index (χ2v) is 3.09. The summed E-state index contributed by atoms with van der Waals surface area (Å²) in [5.41, 5.74) is 7.51. The van der Waals surface area contributed by atoms with Crippen LogP contribution in [0.1, 0.15) is 6.42 Å². The summed E-state index contributed by atoms with van der Waals surface area (Å²) in [5.74, 6) is 0. The van der Waals surface area contributed by atoms with Gasteiger partial charge in [0, 0.05) is 31.6 Å². The number of nitrogen functional groups attached to an aromatic ring is 1. The van der Waals surface area contributed by atoms with Crippen LogP contribution in [0.2, 0.25) is 0 Å². The van der Waals surface area contributed by atoms with Gasteiger partial charge in [0.1, 0.15) is 0 Å². The smallest absolute Gasteiger partial charge is 0.0447 e. The number of hydrogen-bond acceptors (Lipinski definition) is 3. The van der Waals surface area contributed by atoms with Crippen molar-refractivity contribution in [3.05, 3.63) is 24.3 Å². The van der Waals surface area contributed by atoms with Gasteiger partial charge in [-0.05, 0) is 24.6 Å². The standard InChI is InChI=1S/C10H16N2O/c1-12(6-3-7-13)10-5-2-4-9(11)8-10/h2,4-5,8,13H,3,6-7,11H2,1H3. The first-order valence-corrected chi connectivity index (χ1v) is 4.41. The van der Waals surface area contributed by atoms with E-state index in [0.29, 0.717) is 0 Å². The summed E-state index contributed by atoms with van der Waals surface area (Å²) in [4.78, 5) is 2.08. The molecule has 0 aliphatic rings. The molecule has 0 unspecified atom stereocenters. The number of aliphatic hydroxyl groups excluding tert-OH is 1. The maximum absolute atomic E-state index is 8.67. The summed E-state index contributed by atoms with van der Waals surface area (Å²) >= 11 is 0. The highest BCUT2D eigenvalue weighted by Gasteiger charge is 1.99. The number of nitrogens with zero attached hydrogens (tertiary/aromatic N) is 1. The molecule has 1 aromatic carbocycles. The lowest BCUT2D eigenvalue weighted by Gasteiger charge is -2.18. The Kier molecular flexibility index (Phi) is 3.58. The Morgan fingerprint density at radius 2 is 2.23 bits per heavy atom. The van der Waals surface area contributed by atoms with Gasteiger partial charge in [-0.1, -0.05) is 6.07 Å². The van der Waals surface area contributed by atoms with Crippen molar-refractivity contribution in [1.29, 1.82) is 0 Å². The molecule has 0 heterocycles. The van der Waals surface area contributed by atoms with E-state index in [1.54, 1.807) is 0 Å². The number of hydrogen-bond donors (Lipinski definition) is 2. The van der Waals surface area contributed by atoms with E-state index in [1.165, 1.54) is 0 Å². The maximum Gasteiger partial charge on any atom is 0.0447 e. The molecule has 13 heavy (non-hydrogen) atoms. The summed E-state index contributed by atoms with van der Waals surface area (Å²) in [5, 5.41) is 8.67. The van der Waals surface area contributed by atoms with Crippen molar-refractivity contribution in [1.82, 2.24) is 0 Å². The van der Waals surface area contributed by atoms with Crippen molar-refractivity contribution in [3.8, 4) is 0 Å². The molecule has 0 atom stereocenters. The van der Waals surface area contributed by atoms with Crippen LogP contribution >= 0.6 is 0 Å². The largest absolute Gasteiger partial charge is 0.399 e. The SMILES string of the molecule is CN(CCCO)c1cccc(N)c1. The molecule has 1 rings (SSSR count). The number of rotatable bonds is 4. The summed E-state index contributed by atoms with van der Waals surface area (Å²) in [6.07, 6.45) is 0.783. The first-order valence-electron chi connectivity index (χ1n) is 4.41. The molecule has 3 N–H and O–H groups in total. The first-order chi connectivity index (χ1) is 6.24. The Labute approximate surface area is 78.8 Å². The Hall–Kier alpha value is -1.22. The predicted octanol–water partition coefficient (Wildman–Crippen LogP) is 1.09. The van der Waals surface area contributed by atoms with Crippen molar-refractivity contribution in [2.45, 2.75) is 6.42 Å². The molecule has 0 radical (unpaired) electrons. The molecule has 0 aliphatic carbocycles. The minimum Gasteiger partial charge on any atom is -0.399 e. The van der Waals surface area contributed by atoms with Crippen molar-refractivity contribution in [2.75, 3.05) is 30.8 Å². The van der Waals surface area contributed by atoms with Gasteiger partial charge in [0.25, 0.3) is 0 Å². The molecule has 0 spiro atoms. The van der Waals surface area contributed by atoms with E-state index < -0.39 is 0 Å². The van der Waals surface area contributed by atoms with Crippen LogP contribution in [0.15, 0.2) is 24.3 Å². The van der Waals surface area contributed by atoms with Gasteiger partial charge < -0.3 is 15.7 Å². The van der Waals surface area contributed by atoms with Crippen molar-refractivity contribution in [3.63, 3.8) is 0 Å². The molecular weight excluding hydrogens is 164 g/mol. The monoisotopic (exact) mass is 180 g/mol. The lowest BCUT2D eigenvalue weighted by molar-refractivity contribution is 0.290. The van der Waals surface area contributed by atoms with Crippen LogP contribution in [-0.4, -0.2) is 25.3 Å². The lowest BCUT2D eigenvalue weighted by Crippen LogP contribution is -2.19. The molecule has 0 bridgehead atoms. The van der Waals surface area contributed by atoms with E-state index >= 15 is 0 Å². The molecule has 0 amide bonds. The Morgan fingerprint density at radius 3 is 2.85 bits per heavy atom. The van der Waals surface area contributed by atoms with E-state index in [4.69, 9.17) is 10.8 Å². The molecule has 0 fully saturated rings. The molecule has 0 saturated heterocycles. The average Bonchev–Trinajstić information content (AvgIpc) is 2.14. The van der Waals surface area contributed by atoms with Crippen LogP contribution in [0.5, 0.6) is 0 Å². The van der Waals surface area contributed by atoms with Crippen LogP contribution in [0, 0.1) is 0 Å². The van der Waals surface area contributed by atoms with E-state index in [9.17, 15) is 0 Å². The summed E-state index contributed by atoms with van der Waals surface area (Å²) < 4.78 is 0. The van der Waals surface area contributed by atoms with Gasteiger partial charge in [-0.15, -0.1) is 0 Å². The molecule has 0 saturated carbocycles. The van der Waals surface area contributed by atoms with Crippen molar-refractivity contribution < 1.29 is 5.11 Å². The minimum atomic E-state index is 0.229. The topological polar surface area (TPSA) is 49.5 Å². The van der Waals surface area contributed by atoms with Gasteiger partial charge in [0.15, 0.2) is 0 Å². The Morgan fingerprint density at radius 1 is 1.46 bits per heavy atom. The van der Waals surface area contributed by atoms with Crippen molar-refractivity contribution >= 4 is 11.4 Å². The second-order valence-electron chi connectivity index (χ2n) is 3.09. The third-order valence-corrected chi connectivity index (χ3v) is 1.96. The van der Waals surface area contributed by atoms with Crippen molar-refractivity contribution in [2.24, 2.45) is 0 Å². The minimum absolute atomic E-state index is 0.229. The quantitative estimate of drug-likeness (QED) is 0.682. The zero-order valence-corrected chi connectivity index (χ0v) is 7.90. The van der Waals surface area contributed by atoms with E-state index in [-0.39, 0.29) is 6.61 Å². The van der Waals surface area contributed by atoms with Gasteiger partial charge >= 0.3 is 0 Å². The molecule has 72 valence electrons. The highest BCUT2D eigenvalue weighted by molar-refractivity contribution is 5.55. The van der Waals surface area contributed by atoms with Gasteiger partial charge in [0.2, 0.25) is 0 Å². The highest BCUT2D eigenvalue weighted by Crippen LogP contribution is 2.15. The Balaban J connectivity index is 2.60. The maximum atomic E-state index is 8.67. The number of anilines is 2. The van der Waals surface area contributed by atoms with Crippen LogP contribution in [0.25, 0.3) is 0 Å². The van der Waals surface area contributed by atoms with Crippen LogP contribution in [0.4, 0.5) is 11.4 Å². The van der Waals surface area contributed by atoms with Crippen LogP contribution < -0.4 is 10.6 Å². The predicted molar refractivity (Wildman–Crippen MR) is 55.8 cm³/mol. The molecule has 3 nitrogen and oxygen atoms in total. The number of aliphatic hydroxyl groups is 1. The number of benzene rings is 1. The average molecular weight is 180 g/mol. The number of nitrogens with two attached hydrogens (primary N) is 1. The van der Waals surface area contributed by atoms with Gasteiger partial charge in [0.05, 0.1) is 0 Å². The Bertz CT molecular complexity index is 263. The molecule has 0 aromatic heterocycles. The van der Waals surface area contributed by atoms with E-state index in [1.807, 2.05) is 31.3 Å². The second kappa shape index (κ2) is 4.72. The molecule has 0 aliphatic heterocycles. The first kappa shape index (κ1) is 9.86. The van der Waals surface area contributed by atoms with Gasteiger partial charge in [-0.3, -0.25) is 0 Å². The molecule has 3 heteroatoms. The highest BCUT2D eigenvalue weighted by atomic mass is 16.3. The third-order valence-electron chi connectivity index (χ3n) is 1.96. The van der Waals surface area contributed by atoms with Crippen LogP contribution in [-0.2, 0) is 0 Å². The van der Waals surface area contributed by atoms with E-state index in [2.05, 4.69) is 4.90 Å². The van der Waals surface area contributed by atoms with Gasteiger partial charge in [-0.2, -0.15) is 0 Å². The fourth-order valence-electron chi connectivity index (χ4n) is 1.20. The summed E-state index contributed by atoms with van der Waals surface area (Å²) in [6, 6.07) is 7.73. The molecule has 1 aromatic rings. The zero-order chi connectivity index (χ0) is 9.68. The fraction of sp³-hybridized carbons (Fsp3) is 0.400.